The maximum Gasteiger partial charge on any atom is 0.227 e. The van der Waals surface area contributed by atoms with Crippen molar-refractivity contribution in [3.8, 4) is 0 Å². The number of amides is 1. The Morgan fingerprint density at radius 3 is 2.64 bits per heavy atom. The van der Waals surface area contributed by atoms with Crippen LogP contribution >= 0.6 is 0 Å². The zero-order valence-corrected chi connectivity index (χ0v) is 6.40. The van der Waals surface area contributed by atoms with E-state index in [0.29, 0.717) is 6.54 Å². The van der Waals surface area contributed by atoms with Gasteiger partial charge in [0, 0.05) is 13.1 Å². The predicted octanol–water partition coefficient (Wildman–Crippen LogP) is -0.189. The zero-order chi connectivity index (χ0) is 8.32. The van der Waals surface area contributed by atoms with E-state index in [0.717, 1.165) is 12.8 Å². The van der Waals surface area contributed by atoms with Crippen LogP contribution in [0.2, 0.25) is 0 Å². The molecular formula is C7H13FN2O. The number of alkyl halides is 1. The Morgan fingerprint density at radius 2 is 2.27 bits per heavy atom. The monoisotopic (exact) mass is 160 g/mol. The van der Waals surface area contributed by atoms with E-state index in [4.69, 9.17) is 5.73 Å². The van der Waals surface area contributed by atoms with Crippen molar-refractivity contribution in [1.82, 2.24) is 5.32 Å². The molecule has 0 spiro atoms. The van der Waals surface area contributed by atoms with Gasteiger partial charge in [-0.1, -0.05) is 0 Å². The molecule has 1 aliphatic carbocycles. The van der Waals surface area contributed by atoms with E-state index in [2.05, 4.69) is 5.32 Å². The van der Waals surface area contributed by atoms with Crippen LogP contribution in [0.1, 0.15) is 12.8 Å². The predicted molar refractivity (Wildman–Crippen MR) is 39.7 cm³/mol. The lowest BCUT2D eigenvalue weighted by atomic mass is 10.1. The lowest BCUT2D eigenvalue weighted by Crippen LogP contribution is -2.37. The minimum absolute atomic E-state index is 0.0855. The lowest BCUT2D eigenvalue weighted by Gasteiger charge is -2.10. The molecule has 0 saturated heterocycles. The Kier molecular flexibility index (Phi) is 2.44. The fourth-order valence-corrected chi connectivity index (χ4v) is 1.02. The highest BCUT2D eigenvalue weighted by atomic mass is 19.1. The molecule has 1 amide bonds. The average molecular weight is 160 g/mol. The molecular weight excluding hydrogens is 147 g/mol. The van der Waals surface area contributed by atoms with Crippen molar-refractivity contribution in [2.75, 3.05) is 19.8 Å². The van der Waals surface area contributed by atoms with E-state index in [1.165, 1.54) is 0 Å². The molecule has 0 aliphatic heterocycles. The molecule has 0 aromatic rings. The average Bonchev–Trinajstić information content (AvgIpc) is 2.80. The van der Waals surface area contributed by atoms with Gasteiger partial charge in [-0.05, 0) is 12.8 Å². The number of rotatable bonds is 4. The van der Waals surface area contributed by atoms with Crippen LogP contribution in [0, 0.1) is 5.41 Å². The van der Waals surface area contributed by atoms with Crippen LogP contribution < -0.4 is 11.1 Å². The molecule has 1 rings (SSSR count). The first-order chi connectivity index (χ1) is 5.25. The summed E-state index contributed by atoms with van der Waals surface area (Å²) in [5, 5.41) is 2.49. The Balaban J connectivity index is 2.29. The number of nitrogens with one attached hydrogen (secondary N) is 1. The van der Waals surface area contributed by atoms with Crippen LogP contribution in [0.5, 0.6) is 0 Å². The molecule has 0 radical (unpaired) electrons. The highest BCUT2D eigenvalue weighted by Gasteiger charge is 2.48. The largest absolute Gasteiger partial charge is 0.353 e. The van der Waals surface area contributed by atoms with Gasteiger partial charge in [0.15, 0.2) is 0 Å². The molecule has 0 bridgehead atoms. The molecule has 1 aliphatic rings. The number of carbonyl (C=O) groups excluding carboxylic acids is 1. The van der Waals surface area contributed by atoms with Crippen molar-refractivity contribution in [2.45, 2.75) is 12.8 Å². The summed E-state index contributed by atoms with van der Waals surface area (Å²) in [5.74, 6) is -0.0855. The van der Waals surface area contributed by atoms with Crippen LogP contribution in [0.3, 0.4) is 0 Å². The van der Waals surface area contributed by atoms with Crippen LogP contribution in [-0.2, 0) is 4.79 Å². The highest BCUT2D eigenvalue weighted by Crippen LogP contribution is 2.44. The molecule has 4 heteroatoms. The van der Waals surface area contributed by atoms with Crippen molar-refractivity contribution in [2.24, 2.45) is 11.1 Å². The Bertz CT molecular complexity index is 157. The molecule has 0 unspecified atom stereocenters. The van der Waals surface area contributed by atoms with E-state index in [9.17, 15) is 9.18 Å². The molecule has 0 heterocycles. The second-order valence-electron chi connectivity index (χ2n) is 2.93. The Labute approximate surface area is 65.1 Å². The van der Waals surface area contributed by atoms with E-state index < -0.39 is 6.67 Å². The number of hydrogen-bond donors (Lipinski definition) is 2. The van der Waals surface area contributed by atoms with Gasteiger partial charge in [0.2, 0.25) is 5.91 Å². The van der Waals surface area contributed by atoms with Gasteiger partial charge in [-0.15, -0.1) is 0 Å². The van der Waals surface area contributed by atoms with Crippen molar-refractivity contribution in [3.63, 3.8) is 0 Å². The van der Waals surface area contributed by atoms with Gasteiger partial charge in [0.1, 0.15) is 6.67 Å². The summed E-state index contributed by atoms with van der Waals surface area (Å²) < 4.78 is 11.6. The summed E-state index contributed by atoms with van der Waals surface area (Å²) in [6.45, 7) is -0.0158. The minimum Gasteiger partial charge on any atom is -0.353 e. The second-order valence-corrected chi connectivity index (χ2v) is 2.93. The van der Waals surface area contributed by atoms with Crippen LogP contribution in [0.4, 0.5) is 4.39 Å². The standard InChI is InChI=1S/C7H13FN2O/c8-3-4-10-6(11)7(5-9)1-2-7/h1-5,9H2,(H,10,11). The van der Waals surface area contributed by atoms with Crippen molar-refractivity contribution < 1.29 is 9.18 Å². The van der Waals surface area contributed by atoms with Gasteiger partial charge < -0.3 is 11.1 Å². The van der Waals surface area contributed by atoms with Gasteiger partial charge in [-0.25, -0.2) is 4.39 Å². The zero-order valence-electron chi connectivity index (χ0n) is 6.40. The van der Waals surface area contributed by atoms with Crippen LogP contribution in [0.25, 0.3) is 0 Å². The summed E-state index contributed by atoms with van der Waals surface area (Å²) in [6, 6.07) is 0. The molecule has 0 atom stereocenters. The molecule has 0 aromatic carbocycles. The summed E-state index contributed by atoms with van der Waals surface area (Å²) in [6.07, 6.45) is 1.70. The molecule has 3 nitrogen and oxygen atoms in total. The minimum atomic E-state index is -0.508. The summed E-state index contributed by atoms with van der Waals surface area (Å²) in [4.78, 5) is 11.2. The molecule has 64 valence electrons. The Morgan fingerprint density at radius 1 is 1.64 bits per heavy atom. The first-order valence-corrected chi connectivity index (χ1v) is 3.79. The number of hydrogen-bond acceptors (Lipinski definition) is 2. The van der Waals surface area contributed by atoms with Crippen molar-refractivity contribution >= 4 is 5.91 Å². The smallest absolute Gasteiger partial charge is 0.227 e. The van der Waals surface area contributed by atoms with E-state index >= 15 is 0 Å². The first-order valence-electron chi connectivity index (χ1n) is 3.79. The lowest BCUT2D eigenvalue weighted by molar-refractivity contribution is -0.126. The SMILES string of the molecule is NCC1(C(=O)NCCF)CC1. The summed E-state index contributed by atoms with van der Waals surface area (Å²) >= 11 is 0. The summed E-state index contributed by atoms with van der Waals surface area (Å²) in [7, 11) is 0. The molecule has 3 N–H and O–H groups in total. The van der Waals surface area contributed by atoms with Gasteiger partial charge in [0.05, 0.1) is 5.41 Å². The molecule has 1 saturated carbocycles. The third-order valence-electron chi connectivity index (χ3n) is 2.11. The van der Waals surface area contributed by atoms with Crippen molar-refractivity contribution in [1.29, 1.82) is 0 Å². The number of nitrogens with two attached hydrogens (primary N) is 1. The maximum atomic E-state index is 11.6. The highest BCUT2D eigenvalue weighted by molar-refractivity contribution is 5.85. The van der Waals surface area contributed by atoms with Gasteiger partial charge in [-0.3, -0.25) is 4.79 Å². The van der Waals surface area contributed by atoms with Crippen LogP contribution in [-0.4, -0.2) is 25.7 Å². The first kappa shape index (κ1) is 8.46. The topological polar surface area (TPSA) is 55.1 Å². The molecule has 0 aromatic heterocycles. The second kappa shape index (κ2) is 3.17. The normalized spacial score (nSPS) is 19.5. The van der Waals surface area contributed by atoms with Gasteiger partial charge in [-0.2, -0.15) is 0 Å². The number of carbonyl (C=O) groups is 1. The van der Waals surface area contributed by atoms with Crippen molar-refractivity contribution in [3.05, 3.63) is 0 Å². The third kappa shape index (κ3) is 1.68. The maximum absolute atomic E-state index is 11.6. The number of halogens is 1. The fourth-order valence-electron chi connectivity index (χ4n) is 1.02. The van der Waals surface area contributed by atoms with E-state index in [1.54, 1.807) is 0 Å². The fraction of sp³-hybridized carbons (Fsp3) is 0.857. The quantitative estimate of drug-likeness (QED) is 0.599. The summed E-state index contributed by atoms with van der Waals surface area (Å²) in [5.41, 5.74) is 5.05. The van der Waals surface area contributed by atoms with Gasteiger partial charge >= 0.3 is 0 Å². The van der Waals surface area contributed by atoms with Gasteiger partial charge in [0.25, 0.3) is 0 Å². The van der Waals surface area contributed by atoms with E-state index in [-0.39, 0.29) is 17.9 Å². The van der Waals surface area contributed by atoms with Crippen LogP contribution in [0.15, 0.2) is 0 Å². The third-order valence-corrected chi connectivity index (χ3v) is 2.11. The Hall–Kier alpha value is -0.640. The molecule has 11 heavy (non-hydrogen) atoms. The molecule has 1 fully saturated rings. The van der Waals surface area contributed by atoms with E-state index in [1.807, 2.05) is 0 Å².